The molecule has 0 spiro atoms. The lowest BCUT2D eigenvalue weighted by molar-refractivity contribution is -0.137. The van der Waals surface area contributed by atoms with E-state index in [2.05, 4.69) is 22.1 Å². The van der Waals surface area contributed by atoms with E-state index in [-0.39, 0.29) is 18.5 Å². The summed E-state index contributed by atoms with van der Waals surface area (Å²) in [5.41, 5.74) is 1.27. The number of hydrogen-bond donors (Lipinski definition) is 3. The van der Waals surface area contributed by atoms with E-state index < -0.39 is 5.97 Å². The first-order chi connectivity index (χ1) is 10.2. The van der Waals surface area contributed by atoms with E-state index in [1.54, 1.807) is 11.3 Å². The molecule has 1 atom stereocenters. The minimum absolute atomic E-state index is 0.128. The summed E-state index contributed by atoms with van der Waals surface area (Å²) in [6.45, 7) is 0.592. The molecule has 1 aromatic heterocycles. The molecule has 1 aromatic rings. The fourth-order valence-corrected chi connectivity index (χ4v) is 3.61. The van der Waals surface area contributed by atoms with Crippen molar-refractivity contribution in [1.82, 2.24) is 10.6 Å². The van der Waals surface area contributed by atoms with Crippen LogP contribution in [0.15, 0.2) is 11.4 Å². The zero-order chi connectivity index (χ0) is 15.1. The lowest BCUT2D eigenvalue weighted by Crippen LogP contribution is -2.39. The molecule has 1 aliphatic carbocycles. The number of carbonyl (C=O) groups is 2. The molecule has 0 aliphatic heterocycles. The van der Waals surface area contributed by atoms with Gasteiger partial charge in [-0.2, -0.15) is 0 Å². The number of aryl methyl sites for hydroxylation is 1. The molecule has 0 fully saturated rings. The molecular weight excluding hydrogens is 288 g/mol. The van der Waals surface area contributed by atoms with Gasteiger partial charge in [0.05, 0.1) is 6.04 Å². The quantitative estimate of drug-likeness (QED) is 0.677. The van der Waals surface area contributed by atoms with Crippen LogP contribution in [0, 0.1) is 0 Å². The van der Waals surface area contributed by atoms with Gasteiger partial charge in [0.2, 0.25) is 0 Å². The van der Waals surface area contributed by atoms with Gasteiger partial charge >= 0.3 is 12.0 Å². The molecule has 3 N–H and O–H groups in total. The molecule has 0 aromatic carbocycles. The number of carbonyl (C=O) groups excluding carboxylic acids is 1. The van der Waals surface area contributed by atoms with Gasteiger partial charge in [0.15, 0.2) is 0 Å². The van der Waals surface area contributed by atoms with Gasteiger partial charge < -0.3 is 15.7 Å². The normalized spacial score (nSPS) is 17.0. The molecule has 0 radical (unpaired) electrons. The predicted octanol–water partition coefficient (Wildman–Crippen LogP) is 3.07. The second-order valence-electron chi connectivity index (χ2n) is 5.35. The predicted molar refractivity (Wildman–Crippen MR) is 82.6 cm³/mol. The number of fused-ring (bicyclic) bond motifs is 1. The standard InChI is InChI=1S/C15H22N2O3S/c18-14(19)7-2-1-3-9-16-15(20)17-12-5-4-6-13-11(12)8-10-21-13/h8,10,12H,1-7,9H2,(H,18,19)(H2,16,17,20). The van der Waals surface area contributed by atoms with Gasteiger partial charge in [0.1, 0.15) is 0 Å². The van der Waals surface area contributed by atoms with Gasteiger partial charge in [-0.15, -0.1) is 11.3 Å². The van der Waals surface area contributed by atoms with Crippen molar-refractivity contribution in [1.29, 1.82) is 0 Å². The molecule has 6 heteroatoms. The molecule has 2 rings (SSSR count). The van der Waals surface area contributed by atoms with Crippen LogP contribution in [0.2, 0.25) is 0 Å². The highest BCUT2D eigenvalue weighted by Gasteiger charge is 2.22. The number of hydrogen-bond acceptors (Lipinski definition) is 3. The van der Waals surface area contributed by atoms with Gasteiger partial charge in [-0.05, 0) is 49.1 Å². The van der Waals surface area contributed by atoms with Crippen molar-refractivity contribution >= 4 is 23.3 Å². The Morgan fingerprint density at radius 2 is 2.19 bits per heavy atom. The maximum atomic E-state index is 11.9. The first kappa shape index (κ1) is 15.8. The summed E-state index contributed by atoms with van der Waals surface area (Å²) in [6, 6.07) is 2.11. The minimum Gasteiger partial charge on any atom is -0.481 e. The molecule has 21 heavy (non-hydrogen) atoms. The summed E-state index contributed by atoms with van der Waals surface area (Å²) < 4.78 is 0. The van der Waals surface area contributed by atoms with E-state index in [1.165, 1.54) is 10.4 Å². The molecule has 1 unspecified atom stereocenters. The number of amides is 2. The largest absolute Gasteiger partial charge is 0.481 e. The number of carboxylic acids is 1. The van der Waals surface area contributed by atoms with Gasteiger partial charge in [-0.3, -0.25) is 4.79 Å². The number of rotatable bonds is 7. The first-order valence-corrected chi connectivity index (χ1v) is 8.37. The van der Waals surface area contributed by atoms with Crippen molar-refractivity contribution < 1.29 is 14.7 Å². The van der Waals surface area contributed by atoms with Gasteiger partial charge in [-0.25, -0.2) is 4.79 Å². The Labute approximate surface area is 128 Å². The van der Waals surface area contributed by atoms with Crippen molar-refractivity contribution in [2.45, 2.75) is 51.0 Å². The Morgan fingerprint density at radius 1 is 1.33 bits per heavy atom. The number of aliphatic carboxylic acids is 1. The van der Waals surface area contributed by atoms with Crippen LogP contribution in [-0.4, -0.2) is 23.7 Å². The Hall–Kier alpha value is -1.56. The summed E-state index contributed by atoms with van der Waals surface area (Å²) in [5, 5.41) is 16.5. The number of thiophene rings is 1. The average Bonchev–Trinajstić information content (AvgIpc) is 2.92. The number of urea groups is 1. The molecule has 0 bridgehead atoms. The molecule has 0 saturated carbocycles. The number of unbranched alkanes of at least 4 members (excludes halogenated alkanes) is 2. The van der Waals surface area contributed by atoms with E-state index in [1.807, 2.05) is 0 Å². The van der Waals surface area contributed by atoms with Crippen LogP contribution >= 0.6 is 11.3 Å². The third kappa shape index (κ3) is 5.04. The van der Waals surface area contributed by atoms with Crippen LogP contribution in [0.4, 0.5) is 4.79 Å². The van der Waals surface area contributed by atoms with Crippen molar-refractivity contribution in [2.24, 2.45) is 0 Å². The van der Waals surface area contributed by atoms with Crippen LogP contribution in [0.3, 0.4) is 0 Å². The smallest absolute Gasteiger partial charge is 0.315 e. The fraction of sp³-hybridized carbons (Fsp3) is 0.600. The van der Waals surface area contributed by atoms with Crippen LogP contribution in [-0.2, 0) is 11.2 Å². The van der Waals surface area contributed by atoms with Crippen molar-refractivity contribution in [3.05, 3.63) is 21.9 Å². The maximum absolute atomic E-state index is 11.9. The SMILES string of the molecule is O=C(O)CCCCCNC(=O)NC1CCCc2sccc21. The Morgan fingerprint density at radius 3 is 3.00 bits per heavy atom. The van der Waals surface area contributed by atoms with Crippen LogP contribution < -0.4 is 10.6 Å². The van der Waals surface area contributed by atoms with Crippen molar-refractivity contribution in [3.63, 3.8) is 0 Å². The molecule has 0 saturated heterocycles. The Bertz CT molecular complexity index is 487. The molecular formula is C15H22N2O3S. The maximum Gasteiger partial charge on any atom is 0.315 e. The number of nitrogens with one attached hydrogen (secondary N) is 2. The minimum atomic E-state index is -0.760. The summed E-state index contributed by atoms with van der Waals surface area (Å²) in [5.74, 6) is -0.760. The highest BCUT2D eigenvalue weighted by Crippen LogP contribution is 2.33. The summed E-state index contributed by atoms with van der Waals surface area (Å²) >= 11 is 1.77. The van der Waals surface area contributed by atoms with E-state index in [9.17, 15) is 9.59 Å². The third-order valence-corrected chi connectivity index (χ3v) is 4.71. The molecule has 2 amide bonds. The average molecular weight is 310 g/mol. The van der Waals surface area contributed by atoms with E-state index in [0.717, 1.165) is 32.1 Å². The van der Waals surface area contributed by atoms with E-state index >= 15 is 0 Å². The highest BCUT2D eigenvalue weighted by atomic mass is 32.1. The van der Waals surface area contributed by atoms with Crippen LogP contribution in [0.1, 0.15) is 55.0 Å². The molecule has 1 heterocycles. The summed E-state index contributed by atoms with van der Waals surface area (Å²) in [6.07, 6.45) is 5.74. The summed E-state index contributed by atoms with van der Waals surface area (Å²) in [7, 11) is 0. The van der Waals surface area contributed by atoms with Crippen molar-refractivity contribution in [3.8, 4) is 0 Å². The highest BCUT2D eigenvalue weighted by molar-refractivity contribution is 7.10. The molecule has 116 valence electrons. The lowest BCUT2D eigenvalue weighted by Gasteiger charge is -2.23. The zero-order valence-electron chi connectivity index (χ0n) is 12.1. The second-order valence-corrected chi connectivity index (χ2v) is 6.35. The van der Waals surface area contributed by atoms with Gasteiger partial charge in [-0.1, -0.05) is 6.42 Å². The number of carboxylic acid groups (broad SMARTS) is 1. The van der Waals surface area contributed by atoms with Crippen LogP contribution in [0.25, 0.3) is 0 Å². The van der Waals surface area contributed by atoms with Crippen LogP contribution in [0.5, 0.6) is 0 Å². The van der Waals surface area contributed by atoms with E-state index in [0.29, 0.717) is 13.0 Å². The first-order valence-electron chi connectivity index (χ1n) is 7.49. The fourth-order valence-electron chi connectivity index (χ4n) is 2.63. The van der Waals surface area contributed by atoms with Crippen molar-refractivity contribution in [2.75, 3.05) is 6.54 Å². The Kier molecular flexibility index (Phi) is 6.04. The zero-order valence-corrected chi connectivity index (χ0v) is 12.9. The third-order valence-electron chi connectivity index (χ3n) is 3.71. The molecule has 5 nitrogen and oxygen atoms in total. The second kappa shape index (κ2) is 8.02. The monoisotopic (exact) mass is 310 g/mol. The molecule has 1 aliphatic rings. The summed E-state index contributed by atoms with van der Waals surface area (Å²) in [4.78, 5) is 23.6. The topological polar surface area (TPSA) is 78.4 Å². The van der Waals surface area contributed by atoms with Gasteiger partial charge in [0.25, 0.3) is 0 Å². The van der Waals surface area contributed by atoms with Gasteiger partial charge in [0, 0.05) is 17.8 Å². The van der Waals surface area contributed by atoms with E-state index in [4.69, 9.17) is 5.11 Å². The Balaban J connectivity index is 1.63. The lowest BCUT2D eigenvalue weighted by atomic mass is 9.94.